The fourth-order valence-corrected chi connectivity index (χ4v) is 3.47. The number of ether oxygens (including phenoxy) is 4. The Morgan fingerprint density at radius 1 is 0.657 bits per heavy atom. The molecule has 0 fully saturated rings. The molecule has 8 heteroatoms. The van der Waals surface area contributed by atoms with E-state index >= 15 is 0 Å². The Labute approximate surface area is 208 Å². The number of hydrogen-bond donors (Lipinski definition) is 4. The Kier molecular flexibility index (Phi) is 11.0. The molecule has 2 aromatic rings. The van der Waals surface area contributed by atoms with Crippen molar-refractivity contribution in [3.8, 4) is 11.5 Å². The average molecular weight is 493 g/mol. The molecule has 0 spiro atoms. The van der Waals surface area contributed by atoms with E-state index in [1.807, 2.05) is 0 Å². The highest BCUT2D eigenvalue weighted by atomic mass is 16.6. The van der Waals surface area contributed by atoms with Gasteiger partial charge in [-0.3, -0.25) is 0 Å². The van der Waals surface area contributed by atoms with E-state index in [1.54, 1.807) is 76.2 Å². The molecule has 35 heavy (non-hydrogen) atoms. The molecule has 0 saturated carbocycles. The summed E-state index contributed by atoms with van der Waals surface area (Å²) in [5, 5.41) is 40.4. The largest absolute Gasteiger partial charge is 0.491 e. The zero-order valence-corrected chi connectivity index (χ0v) is 21.3. The molecule has 8 nitrogen and oxygen atoms in total. The first kappa shape index (κ1) is 29.0. The van der Waals surface area contributed by atoms with Crippen LogP contribution >= 0.6 is 0 Å². The molecule has 0 saturated heterocycles. The maximum atomic E-state index is 10.7. The molecular weight excluding hydrogens is 452 g/mol. The molecule has 5 atom stereocenters. The van der Waals surface area contributed by atoms with Gasteiger partial charge in [-0.25, -0.2) is 0 Å². The molecule has 0 aliphatic rings. The lowest BCUT2D eigenvalue weighted by atomic mass is 9.94. The first-order chi connectivity index (χ1) is 16.4. The van der Waals surface area contributed by atoms with Gasteiger partial charge in [0.1, 0.15) is 24.7 Å². The Hall–Kier alpha value is -2.20. The van der Waals surface area contributed by atoms with Gasteiger partial charge in [0.25, 0.3) is 0 Å². The molecule has 0 aliphatic heterocycles. The number of rotatable bonds is 15. The van der Waals surface area contributed by atoms with E-state index in [1.165, 1.54) is 6.92 Å². The number of benzene rings is 2. The first-order valence-corrected chi connectivity index (χ1v) is 11.9. The van der Waals surface area contributed by atoms with E-state index < -0.39 is 29.7 Å². The Morgan fingerprint density at radius 3 is 1.46 bits per heavy atom. The third kappa shape index (κ3) is 10.1. The van der Waals surface area contributed by atoms with Crippen molar-refractivity contribution in [1.29, 1.82) is 0 Å². The van der Waals surface area contributed by atoms with E-state index in [2.05, 4.69) is 0 Å². The summed E-state index contributed by atoms with van der Waals surface area (Å²) >= 11 is 0. The predicted molar refractivity (Wildman–Crippen MR) is 132 cm³/mol. The molecule has 0 radical (unpaired) electrons. The molecule has 0 heterocycles. The zero-order chi connectivity index (χ0) is 26.1. The van der Waals surface area contributed by atoms with Crippen LogP contribution in [-0.4, -0.2) is 58.4 Å². The molecule has 0 amide bonds. The maximum Gasteiger partial charge on any atom is 0.165 e. The monoisotopic (exact) mass is 492 g/mol. The lowest BCUT2D eigenvalue weighted by Crippen LogP contribution is -2.43. The second kappa shape index (κ2) is 13.2. The summed E-state index contributed by atoms with van der Waals surface area (Å²) in [4.78, 5) is 0. The van der Waals surface area contributed by atoms with E-state index in [0.717, 1.165) is 11.1 Å². The van der Waals surface area contributed by atoms with Crippen LogP contribution in [-0.2, 0) is 9.47 Å². The molecule has 0 aromatic heterocycles. The fourth-order valence-electron chi connectivity index (χ4n) is 3.47. The topological polar surface area (TPSA) is 118 Å². The second-order valence-corrected chi connectivity index (χ2v) is 9.22. The van der Waals surface area contributed by atoms with Gasteiger partial charge in [0.15, 0.2) is 11.6 Å². The Morgan fingerprint density at radius 2 is 1.06 bits per heavy atom. The van der Waals surface area contributed by atoms with Gasteiger partial charge < -0.3 is 39.4 Å². The van der Waals surface area contributed by atoms with Crippen molar-refractivity contribution in [2.75, 3.05) is 26.4 Å². The van der Waals surface area contributed by atoms with Crippen LogP contribution < -0.4 is 9.47 Å². The van der Waals surface area contributed by atoms with Gasteiger partial charge >= 0.3 is 0 Å². The summed E-state index contributed by atoms with van der Waals surface area (Å²) in [6, 6.07) is 14.2. The number of hydrogen-bond acceptors (Lipinski definition) is 8. The Bertz CT molecular complexity index is 860. The smallest absolute Gasteiger partial charge is 0.165 e. The zero-order valence-electron chi connectivity index (χ0n) is 21.3. The average Bonchev–Trinajstić information content (AvgIpc) is 2.80. The highest BCUT2D eigenvalue weighted by Gasteiger charge is 2.35. The number of aliphatic hydroxyl groups is 4. The normalized spacial score (nSPS) is 17.6. The molecule has 196 valence electrons. The molecular formula is C27H40O8. The molecule has 0 aliphatic carbocycles. The van der Waals surface area contributed by atoms with Crippen LogP contribution in [0.2, 0.25) is 0 Å². The summed E-state index contributed by atoms with van der Waals surface area (Å²) in [5.41, 5.74) is 1.61. The third-order valence-electron chi connectivity index (χ3n) is 5.84. The molecule has 0 bridgehead atoms. The van der Waals surface area contributed by atoms with Gasteiger partial charge in [-0.2, -0.15) is 0 Å². The van der Waals surface area contributed by atoms with Gasteiger partial charge in [0.2, 0.25) is 0 Å². The van der Waals surface area contributed by atoms with Crippen LogP contribution in [0.15, 0.2) is 48.5 Å². The van der Waals surface area contributed by atoms with Gasteiger partial charge in [0.05, 0.1) is 25.4 Å². The van der Waals surface area contributed by atoms with E-state index in [4.69, 9.17) is 18.9 Å². The standard InChI is InChI=1S/C27H40O8/c1-19(27(5,31)35-17-15-33-25-12-8-23(9-13-25)21(3)29)18-26(4,30)34-16-14-32-24-10-6-22(7-11-24)20(2)28/h6-13,19-21,28-31H,14-18H2,1-5H3. The van der Waals surface area contributed by atoms with Crippen LogP contribution in [0.25, 0.3) is 0 Å². The van der Waals surface area contributed by atoms with Gasteiger partial charge in [0, 0.05) is 12.3 Å². The van der Waals surface area contributed by atoms with Crippen molar-refractivity contribution >= 4 is 0 Å². The summed E-state index contributed by atoms with van der Waals surface area (Å²) in [7, 11) is 0. The van der Waals surface area contributed by atoms with Crippen LogP contribution in [0, 0.1) is 5.92 Å². The Balaban J connectivity index is 1.69. The molecule has 2 rings (SSSR count). The van der Waals surface area contributed by atoms with Crippen LogP contribution in [0.3, 0.4) is 0 Å². The number of aliphatic hydroxyl groups excluding tert-OH is 2. The summed E-state index contributed by atoms with van der Waals surface area (Å²) in [5.74, 6) is -2.12. The quantitative estimate of drug-likeness (QED) is 0.219. The second-order valence-electron chi connectivity index (χ2n) is 9.22. The van der Waals surface area contributed by atoms with E-state index in [0.29, 0.717) is 11.5 Å². The van der Waals surface area contributed by atoms with Crippen LogP contribution in [0.1, 0.15) is 64.4 Å². The van der Waals surface area contributed by atoms with Crippen molar-refractivity contribution in [2.45, 2.75) is 64.8 Å². The van der Waals surface area contributed by atoms with Crippen molar-refractivity contribution in [3.05, 3.63) is 59.7 Å². The highest BCUT2D eigenvalue weighted by molar-refractivity contribution is 5.29. The summed E-state index contributed by atoms with van der Waals surface area (Å²) in [6.07, 6.45) is -0.927. The predicted octanol–water partition coefficient (Wildman–Crippen LogP) is 3.73. The lowest BCUT2D eigenvalue weighted by Gasteiger charge is -2.35. The van der Waals surface area contributed by atoms with Crippen molar-refractivity contribution in [1.82, 2.24) is 0 Å². The minimum Gasteiger partial charge on any atom is -0.491 e. The molecule has 4 N–H and O–H groups in total. The van der Waals surface area contributed by atoms with Gasteiger partial charge in [-0.05, 0) is 63.1 Å². The highest BCUT2D eigenvalue weighted by Crippen LogP contribution is 2.28. The van der Waals surface area contributed by atoms with E-state index in [-0.39, 0.29) is 32.8 Å². The van der Waals surface area contributed by atoms with Crippen LogP contribution in [0.5, 0.6) is 11.5 Å². The molecule has 2 aromatic carbocycles. The van der Waals surface area contributed by atoms with Crippen molar-refractivity contribution in [3.63, 3.8) is 0 Å². The maximum absolute atomic E-state index is 10.7. The minimum atomic E-state index is -1.49. The van der Waals surface area contributed by atoms with Crippen molar-refractivity contribution < 1.29 is 39.4 Å². The summed E-state index contributed by atoms with van der Waals surface area (Å²) < 4.78 is 22.4. The third-order valence-corrected chi connectivity index (χ3v) is 5.84. The van der Waals surface area contributed by atoms with E-state index in [9.17, 15) is 20.4 Å². The lowest BCUT2D eigenvalue weighted by molar-refractivity contribution is -0.259. The SMILES string of the molecule is CC(O)c1ccc(OCCOC(C)(O)CC(C)C(C)(O)OCCOc2ccc(C(C)O)cc2)cc1. The minimum absolute atomic E-state index is 0.144. The van der Waals surface area contributed by atoms with Gasteiger partial charge in [-0.1, -0.05) is 31.2 Å². The summed E-state index contributed by atoms with van der Waals surface area (Å²) in [6.45, 7) is 9.03. The van der Waals surface area contributed by atoms with Crippen molar-refractivity contribution in [2.24, 2.45) is 5.92 Å². The van der Waals surface area contributed by atoms with Gasteiger partial charge in [-0.15, -0.1) is 0 Å². The molecule has 5 unspecified atom stereocenters. The first-order valence-electron chi connectivity index (χ1n) is 11.9. The van der Waals surface area contributed by atoms with Crippen LogP contribution in [0.4, 0.5) is 0 Å². The fraction of sp³-hybridized carbons (Fsp3) is 0.556.